The lowest BCUT2D eigenvalue weighted by molar-refractivity contribution is -0.136. The molecule has 5 nitrogen and oxygen atoms in total. The van der Waals surface area contributed by atoms with Crippen LogP contribution in [0.2, 0.25) is 0 Å². The van der Waals surface area contributed by atoms with Crippen LogP contribution in [0.4, 0.5) is 0 Å². The molecule has 2 saturated heterocycles. The second kappa shape index (κ2) is 8.11. The van der Waals surface area contributed by atoms with E-state index in [0.717, 1.165) is 38.0 Å². The number of carbonyl (C=O) groups is 2. The van der Waals surface area contributed by atoms with E-state index in [9.17, 15) is 9.59 Å². The fraction of sp³-hybridized carbons (Fsp3) is 0.600. The average Bonchev–Trinajstić information content (AvgIpc) is 2.67. The molecule has 0 N–H and O–H groups in total. The second-order valence-corrected chi connectivity index (χ2v) is 7.09. The highest BCUT2D eigenvalue weighted by atomic mass is 16.5. The first kappa shape index (κ1) is 18.1. The summed E-state index contributed by atoms with van der Waals surface area (Å²) in [5.74, 6) is 0.470. The van der Waals surface area contributed by atoms with Crippen LogP contribution in [0.3, 0.4) is 0 Å². The van der Waals surface area contributed by atoms with Gasteiger partial charge in [-0.05, 0) is 38.4 Å². The number of hydrogen-bond acceptors (Lipinski definition) is 4. The Morgan fingerprint density at radius 3 is 2.28 bits per heavy atom. The maximum atomic E-state index is 12.4. The predicted molar refractivity (Wildman–Crippen MR) is 96.5 cm³/mol. The molecule has 2 aliphatic heterocycles. The summed E-state index contributed by atoms with van der Waals surface area (Å²) in [7, 11) is 0. The van der Waals surface area contributed by atoms with Crippen molar-refractivity contribution in [1.29, 1.82) is 0 Å². The summed E-state index contributed by atoms with van der Waals surface area (Å²) < 4.78 is 5.30. The van der Waals surface area contributed by atoms with Crippen LogP contribution >= 0.6 is 0 Å². The molecule has 3 rings (SSSR count). The molecule has 0 saturated carbocycles. The lowest BCUT2D eigenvalue weighted by Crippen LogP contribution is -2.47. The number of piperidine rings is 1. The van der Waals surface area contributed by atoms with Gasteiger partial charge in [-0.3, -0.25) is 9.59 Å². The predicted octanol–water partition coefficient (Wildman–Crippen LogP) is 1.86. The Labute approximate surface area is 149 Å². The number of ketones is 1. The van der Waals surface area contributed by atoms with Crippen molar-refractivity contribution in [2.75, 3.05) is 45.9 Å². The quantitative estimate of drug-likeness (QED) is 0.818. The van der Waals surface area contributed by atoms with E-state index in [-0.39, 0.29) is 17.1 Å². The van der Waals surface area contributed by atoms with E-state index in [0.29, 0.717) is 32.7 Å². The molecule has 2 fully saturated rings. The number of rotatable bonds is 5. The van der Waals surface area contributed by atoms with Gasteiger partial charge >= 0.3 is 0 Å². The smallest absolute Gasteiger partial charge is 0.224 e. The van der Waals surface area contributed by atoms with Gasteiger partial charge in [0.05, 0.1) is 18.6 Å². The standard InChI is InChI=1S/C20H28N2O3/c1-17(23)20(18-5-3-2-4-6-18)8-11-21(12-9-20)10-7-19(24)22-13-15-25-16-14-22/h2-6H,7-16H2,1H3. The molecular weight excluding hydrogens is 316 g/mol. The zero-order valence-electron chi connectivity index (χ0n) is 15.1. The number of likely N-dealkylation sites (tertiary alicyclic amines) is 1. The van der Waals surface area contributed by atoms with Gasteiger partial charge in [0.2, 0.25) is 5.91 Å². The molecule has 0 unspecified atom stereocenters. The minimum absolute atomic E-state index is 0.217. The number of nitrogens with zero attached hydrogens (tertiary/aromatic N) is 2. The summed E-state index contributed by atoms with van der Waals surface area (Å²) in [6, 6.07) is 10.1. The molecule has 25 heavy (non-hydrogen) atoms. The Balaban J connectivity index is 1.54. The van der Waals surface area contributed by atoms with Crippen LogP contribution in [-0.4, -0.2) is 67.4 Å². The van der Waals surface area contributed by atoms with Crippen molar-refractivity contribution >= 4 is 11.7 Å². The Kier molecular flexibility index (Phi) is 5.86. The lowest BCUT2D eigenvalue weighted by Gasteiger charge is -2.40. The number of amides is 1. The number of ether oxygens (including phenoxy) is 1. The van der Waals surface area contributed by atoms with Crippen LogP contribution in [0.15, 0.2) is 30.3 Å². The van der Waals surface area contributed by atoms with E-state index < -0.39 is 0 Å². The van der Waals surface area contributed by atoms with Gasteiger partial charge in [0.1, 0.15) is 5.78 Å². The molecule has 0 aromatic heterocycles. The molecule has 5 heteroatoms. The van der Waals surface area contributed by atoms with E-state index in [1.165, 1.54) is 0 Å². The largest absolute Gasteiger partial charge is 0.378 e. The first-order chi connectivity index (χ1) is 12.1. The molecule has 1 amide bonds. The van der Waals surface area contributed by atoms with E-state index >= 15 is 0 Å². The third-order valence-corrected chi connectivity index (χ3v) is 5.72. The highest BCUT2D eigenvalue weighted by Crippen LogP contribution is 2.36. The third kappa shape index (κ3) is 4.10. The molecule has 2 aliphatic rings. The van der Waals surface area contributed by atoms with Crippen molar-refractivity contribution in [3.05, 3.63) is 35.9 Å². The normalized spacial score (nSPS) is 21.1. The van der Waals surface area contributed by atoms with Crippen LogP contribution in [0.25, 0.3) is 0 Å². The van der Waals surface area contributed by atoms with E-state index in [4.69, 9.17) is 4.74 Å². The molecule has 1 aromatic carbocycles. The summed E-state index contributed by atoms with van der Waals surface area (Å²) in [5, 5.41) is 0. The number of Topliss-reactive ketones (excluding diaryl/α,β-unsaturated/α-hetero) is 1. The van der Waals surface area contributed by atoms with Gasteiger partial charge in [0.25, 0.3) is 0 Å². The van der Waals surface area contributed by atoms with Crippen molar-refractivity contribution in [3.8, 4) is 0 Å². The Bertz CT molecular complexity index is 588. The highest BCUT2D eigenvalue weighted by molar-refractivity contribution is 5.88. The minimum Gasteiger partial charge on any atom is -0.378 e. The van der Waals surface area contributed by atoms with Gasteiger partial charge in [0, 0.05) is 26.1 Å². The monoisotopic (exact) mass is 344 g/mol. The summed E-state index contributed by atoms with van der Waals surface area (Å²) in [4.78, 5) is 28.9. The number of hydrogen-bond donors (Lipinski definition) is 0. The van der Waals surface area contributed by atoms with Crippen LogP contribution in [0, 0.1) is 0 Å². The average molecular weight is 344 g/mol. The zero-order chi connectivity index (χ0) is 17.7. The number of benzene rings is 1. The fourth-order valence-corrected chi connectivity index (χ4v) is 3.98. The Hall–Kier alpha value is -1.72. The minimum atomic E-state index is -0.355. The fourth-order valence-electron chi connectivity index (χ4n) is 3.98. The van der Waals surface area contributed by atoms with Crippen LogP contribution in [0.1, 0.15) is 31.7 Å². The summed E-state index contributed by atoms with van der Waals surface area (Å²) >= 11 is 0. The SMILES string of the molecule is CC(=O)C1(c2ccccc2)CCN(CCC(=O)N2CCOCC2)CC1. The topological polar surface area (TPSA) is 49.9 Å². The molecule has 0 atom stereocenters. The molecule has 136 valence electrons. The van der Waals surface area contributed by atoms with Gasteiger partial charge in [-0.2, -0.15) is 0 Å². The summed E-state index contributed by atoms with van der Waals surface area (Å²) in [6.45, 7) is 6.93. The van der Waals surface area contributed by atoms with Crippen LogP contribution < -0.4 is 0 Å². The molecule has 0 spiro atoms. The van der Waals surface area contributed by atoms with Crippen molar-refractivity contribution in [2.24, 2.45) is 0 Å². The third-order valence-electron chi connectivity index (χ3n) is 5.72. The van der Waals surface area contributed by atoms with Crippen molar-refractivity contribution in [3.63, 3.8) is 0 Å². The molecule has 1 aromatic rings. The van der Waals surface area contributed by atoms with Gasteiger partial charge in [-0.15, -0.1) is 0 Å². The molecule has 0 bridgehead atoms. The van der Waals surface area contributed by atoms with Crippen molar-refractivity contribution in [1.82, 2.24) is 9.80 Å². The Morgan fingerprint density at radius 2 is 1.68 bits per heavy atom. The van der Waals surface area contributed by atoms with Crippen LogP contribution in [-0.2, 0) is 19.7 Å². The van der Waals surface area contributed by atoms with Gasteiger partial charge in [-0.25, -0.2) is 0 Å². The van der Waals surface area contributed by atoms with Crippen molar-refractivity contribution in [2.45, 2.75) is 31.6 Å². The molecule has 0 radical (unpaired) electrons. The van der Waals surface area contributed by atoms with Crippen molar-refractivity contribution < 1.29 is 14.3 Å². The van der Waals surface area contributed by atoms with Gasteiger partial charge in [-0.1, -0.05) is 30.3 Å². The van der Waals surface area contributed by atoms with Crippen LogP contribution in [0.5, 0.6) is 0 Å². The first-order valence-corrected chi connectivity index (χ1v) is 9.26. The van der Waals surface area contributed by atoms with E-state index in [1.54, 1.807) is 6.92 Å². The molecule has 0 aliphatic carbocycles. The zero-order valence-corrected chi connectivity index (χ0v) is 15.1. The Morgan fingerprint density at radius 1 is 1.04 bits per heavy atom. The van der Waals surface area contributed by atoms with E-state index in [1.807, 2.05) is 23.1 Å². The van der Waals surface area contributed by atoms with E-state index in [2.05, 4.69) is 17.0 Å². The molecule has 2 heterocycles. The lowest BCUT2D eigenvalue weighted by atomic mass is 9.70. The first-order valence-electron chi connectivity index (χ1n) is 9.26. The molecular formula is C20H28N2O3. The van der Waals surface area contributed by atoms with Gasteiger partial charge < -0.3 is 14.5 Å². The number of morpholine rings is 1. The number of carbonyl (C=O) groups excluding carboxylic acids is 2. The second-order valence-electron chi connectivity index (χ2n) is 7.09. The maximum absolute atomic E-state index is 12.4. The summed E-state index contributed by atoms with van der Waals surface area (Å²) in [6.07, 6.45) is 2.22. The summed E-state index contributed by atoms with van der Waals surface area (Å²) in [5.41, 5.74) is 0.776. The maximum Gasteiger partial charge on any atom is 0.224 e. The highest BCUT2D eigenvalue weighted by Gasteiger charge is 2.40. The van der Waals surface area contributed by atoms with Gasteiger partial charge in [0.15, 0.2) is 0 Å².